The van der Waals surface area contributed by atoms with Crippen LogP contribution >= 0.6 is 22.9 Å². The zero-order valence-electron chi connectivity index (χ0n) is 17.0. The molecule has 2 atom stereocenters. The number of nitrogens with zero attached hydrogens (tertiary/aromatic N) is 2. The number of aryl methyl sites for hydroxylation is 1. The van der Waals surface area contributed by atoms with Crippen molar-refractivity contribution in [1.29, 1.82) is 0 Å². The van der Waals surface area contributed by atoms with Gasteiger partial charge in [0.2, 0.25) is 11.0 Å². The van der Waals surface area contributed by atoms with Crippen molar-refractivity contribution in [2.75, 3.05) is 5.32 Å². The minimum Gasteiger partial charge on any atom is -0.340 e. The molecule has 0 unspecified atom stereocenters. The van der Waals surface area contributed by atoms with Gasteiger partial charge in [0.25, 0.3) is 5.91 Å². The van der Waals surface area contributed by atoms with E-state index in [0.29, 0.717) is 20.7 Å². The Hall–Kier alpha value is -2.77. The number of nitrogens with one attached hydrogen (secondary N) is 2. The topological polar surface area (TPSA) is 84.0 Å². The average molecular weight is 443 g/mol. The van der Waals surface area contributed by atoms with Crippen molar-refractivity contribution in [2.45, 2.75) is 33.2 Å². The van der Waals surface area contributed by atoms with Gasteiger partial charge in [-0.15, -0.1) is 10.2 Å². The van der Waals surface area contributed by atoms with E-state index in [9.17, 15) is 9.59 Å². The second kappa shape index (κ2) is 9.82. The summed E-state index contributed by atoms with van der Waals surface area (Å²) >= 11 is 7.26. The van der Waals surface area contributed by atoms with E-state index in [-0.39, 0.29) is 17.7 Å². The Morgan fingerprint density at radius 2 is 1.87 bits per heavy atom. The molecule has 1 aromatic heterocycles. The van der Waals surface area contributed by atoms with E-state index in [4.69, 9.17) is 11.6 Å². The van der Waals surface area contributed by atoms with E-state index in [2.05, 4.69) is 20.8 Å². The van der Waals surface area contributed by atoms with Gasteiger partial charge in [-0.2, -0.15) is 0 Å². The standard InChI is InChI=1S/C22H23ClN4O2S/c1-4-14(3)18(24-19(28)16-6-5-7-17(23)12-16)20(29)25-22-27-26-21(30-22)15-10-8-13(2)9-11-15/h5-12,14,18H,4H2,1-3H3,(H,24,28)(H,25,27,29)/t14-,18-/m0/s1. The van der Waals surface area contributed by atoms with Gasteiger partial charge in [-0.25, -0.2) is 0 Å². The molecule has 156 valence electrons. The number of amides is 2. The van der Waals surface area contributed by atoms with Crippen molar-refractivity contribution < 1.29 is 9.59 Å². The fourth-order valence-corrected chi connectivity index (χ4v) is 3.77. The molecular weight excluding hydrogens is 420 g/mol. The number of carbonyl (C=O) groups excluding carboxylic acids is 2. The molecule has 0 fully saturated rings. The van der Waals surface area contributed by atoms with E-state index in [1.807, 2.05) is 45.0 Å². The first-order valence-corrected chi connectivity index (χ1v) is 10.8. The SMILES string of the molecule is CC[C@H](C)[C@H](NC(=O)c1cccc(Cl)c1)C(=O)Nc1nnc(-c2ccc(C)cc2)s1. The van der Waals surface area contributed by atoms with Gasteiger partial charge in [0.1, 0.15) is 11.0 Å². The summed E-state index contributed by atoms with van der Waals surface area (Å²) in [5.41, 5.74) is 2.50. The molecule has 2 N–H and O–H groups in total. The largest absolute Gasteiger partial charge is 0.340 e. The fourth-order valence-electron chi connectivity index (χ4n) is 2.83. The van der Waals surface area contributed by atoms with Crippen LogP contribution in [0.25, 0.3) is 10.6 Å². The second-order valence-electron chi connectivity index (χ2n) is 7.11. The van der Waals surface area contributed by atoms with Gasteiger partial charge < -0.3 is 5.32 Å². The van der Waals surface area contributed by atoms with Crippen LogP contribution in [0.3, 0.4) is 0 Å². The molecule has 3 aromatic rings. The van der Waals surface area contributed by atoms with E-state index in [1.165, 1.54) is 11.3 Å². The van der Waals surface area contributed by atoms with Crippen LogP contribution in [-0.4, -0.2) is 28.1 Å². The molecule has 0 aliphatic heterocycles. The number of hydrogen-bond donors (Lipinski definition) is 2. The molecule has 0 aliphatic rings. The Balaban J connectivity index is 1.73. The van der Waals surface area contributed by atoms with Crippen LogP contribution in [-0.2, 0) is 4.79 Å². The summed E-state index contributed by atoms with van der Waals surface area (Å²) in [6.07, 6.45) is 0.721. The summed E-state index contributed by atoms with van der Waals surface area (Å²) in [4.78, 5) is 25.6. The fraction of sp³-hybridized carbons (Fsp3) is 0.273. The van der Waals surface area contributed by atoms with Gasteiger partial charge in [0, 0.05) is 16.1 Å². The Morgan fingerprint density at radius 1 is 1.13 bits per heavy atom. The molecule has 0 saturated carbocycles. The molecule has 3 rings (SSSR count). The third-order valence-corrected chi connectivity index (χ3v) is 5.95. The molecule has 2 amide bonds. The van der Waals surface area contributed by atoms with Gasteiger partial charge in [0.05, 0.1) is 0 Å². The van der Waals surface area contributed by atoms with E-state index in [0.717, 1.165) is 17.5 Å². The summed E-state index contributed by atoms with van der Waals surface area (Å²) in [6, 6.07) is 13.8. The summed E-state index contributed by atoms with van der Waals surface area (Å²) in [7, 11) is 0. The van der Waals surface area contributed by atoms with Crippen molar-refractivity contribution in [2.24, 2.45) is 5.92 Å². The molecule has 6 nitrogen and oxygen atoms in total. The minimum absolute atomic E-state index is 0.0716. The van der Waals surface area contributed by atoms with Gasteiger partial charge in [-0.3, -0.25) is 14.9 Å². The summed E-state index contributed by atoms with van der Waals surface area (Å²) in [5.74, 6) is -0.750. The predicted molar refractivity (Wildman–Crippen MR) is 121 cm³/mol. The monoisotopic (exact) mass is 442 g/mol. The van der Waals surface area contributed by atoms with Crippen LogP contribution in [0.2, 0.25) is 5.02 Å². The third kappa shape index (κ3) is 5.43. The molecule has 8 heteroatoms. The Morgan fingerprint density at radius 3 is 2.53 bits per heavy atom. The molecular formula is C22H23ClN4O2S. The number of benzene rings is 2. The van der Waals surface area contributed by atoms with Gasteiger partial charge in [-0.1, -0.05) is 79.1 Å². The molecule has 30 heavy (non-hydrogen) atoms. The zero-order chi connectivity index (χ0) is 21.7. The highest BCUT2D eigenvalue weighted by atomic mass is 35.5. The Bertz CT molecular complexity index is 1040. The zero-order valence-corrected chi connectivity index (χ0v) is 18.6. The number of aromatic nitrogens is 2. The maximum atomic E-state index is 12.9. The van der Waals surface area contributed by atoms with Crippen LogP contribution in [0.1, 0.15) is 36.2 Å². The van der Waals surface area contributed by atoms with Crippen molar-refractivity contribution in [3.05, 3.63) is 64.7 Å². The molecule has 1 heterocycles. The highest BCUT2D eigenvalue weighted by Crippen LogP contribution is 2.27. The number of carbonyl (C=O) groups is 2. The van der Waals surface area contributed by atoms with Crippen LogP contribution in [0, 0.1) is 12.8 Å². The Kier molecular flexibility index (Phi) is 7.18. The first-order valence-electron chi connectivity index (χ1n) is 9.65. The number of hydrogen-bond acceptors (Lipinski definition) is 5. The van der Waals surface area contributed by atoms with E-state index >= 15 is 0 Å². The molecule has 0 spiro atoms. The van der Waals surface area contributed by atoms with Crippen LogP contribution in [0.4, 0.5) is 5.13 Å². The quantitative estimate of drug-likeness (QED) is 0.542. The van der Waals surface area contributed by atoms with Crippen LogP contribution in [0.15, 0.2) is 48.5 Å². The van der Waals surface area contributed by atoms with Crippen molar-refractivity contribution in [1.82, 2.24) is 15.5 Å². The van der Waals surface area contributed by atoms with Gasteiger partial charge >= 0.3 is 0 Å². The lowest BCUT2D eigenvalue weighted by Gasteiger charge is -2.23. The molecule has 0 radical (unpaired) electrons. The van der Waals surface area contributed by atoms with E-state index in [1.54, 1.807) is 24.3 Å². The maximum Gasteiger partial charge on any atom is 0.251 e. The number of halogens is 1. The lowest BCUT2D eigenvalue weighted by molar-refractivity contribution is -0.119. The van der Waals surface area contributed by atoms with E-state index < -0.39 is 6.04 Å². The summed E-state index contributed by atoms with van der Waals surface area (Å²) < 4.78 is 0. The predicted octanol–water partition coefficient (Wildman–Crippen LogP) is 4.95. The van der Waals surface area contributed by atoms with Crippen LogP contribution in [0.5, 0.6) is 0 Å². The highest BCUT2D eigenvalue weighted by molar-refractivity contribution is 7.18. The van der Waals surface area contributed by atoms with Crippen LogP contribution < -0.4 is 10.6 Å². The smallest absolute Gasteiger partial charge is 0.251 e. The van der Waals surface area contributed by atoms with Gasteiger partial charge in [-0.05, 0) is 31.0 Å². The number of anilines is 1. The molecule has 0 aliphatic carbocycles. The van der Waals surface area contributed by atoms with Crippen molar-refractivity contribution in [3.63, 3.8) is 0 Å². The first-order chi connectivity index (χ1) is 14.4. The maximum absolute atomic E-state index is 12.9. The van der Waals surface area contributed by atoms with Crippen molar-refractivity contribution >= 4 is 39.9 Å². The molecule has 2 aromatic carbocycles. The number of rotatable bonds is 7. The Labute approximate surface area is 184 Å². The minimum atomic E-state index is -0.715. The summed E-state index contributed by atoms with van der Waals surface area (Å²) in [6.45, 7) is 5.90. The highest BCUT2D eigenvalue weighted by Gasteiger charge is 2.27. The normalized spacial score (nSPS) is 12.8. The second-order valence-corrected chi connectivity index (χ2v) is 8.53. The third-order valence-electron chi connectivity index (χ3n) is 4.82. The summed E-state index contributed by atoms with van der Waals surface area (Å²) in [5, 5.41) is 15.4. The van der Waals surface area contributed by atoms with Gasteiger partial charge in [0.15, 0.2) is 0 Å². The lowest BCUT2D eigenvalue weighted by Crippen LogP contribution is -2.47. The average Bonchev–Trinajstić information content (AvgIpc) is 3.20. The van der Waals surface area contributed by atoms with Crippen molar-refractivity contribution in [3.8, 4) is 10.6 Å². The lowest BCUT2D eigenvalue weighted by atomic mass is 9.98. The molecule has 0 bridgehead atoms. The first kappa shape index (κ1) is 21.9. The molecule has 0 saturated heterocycles.